The monoisotopic (exact) mass is 336 g/mol. The molecule has 5 nitrogen and oxygen atoms in total. The van der Waals surface area contributed by atoms with Gasteiger partial charge in [-0.05, 0) is 22.6 Å². The third-order valence-electron chi connectivity index (χ3n) is 1.96. The molecule has 0 bridgehead atoms. The van der Waals surface area contributed by atoms with E-state index in [-0.39, 0.29) is 0 Å². The van der Waals surface area contributed by atoms with Crippen molar-refractivity contribution < 1.29 is 14.3 Å². The van der Waals surface area contributed by atoms with Gasteiger partial charge in [-0.15, -0.1) is 6.58 Å². The van der Waals surface area contributed by atoms with Crippen molar-refractivity contribution in [1.82, 2.24) is 9.78 Å². The molecule has 0 fully saturated rings. The molecule has 0 spiro atoms. The lowest BCUT2D eigenvalue weighted by Crippen LogP contribution is -2.04. The summed E-state index contributed by atoms with van der Waals surface area (Å²) >= 11 is 2.06. The Hall–Kier alpha value is -0.890. The number of esters is 1. The fourth-order valence-electron chi connectivity index (χ4n) is 1.16. The highest BCUT2D eigenvalue weighted by molar-refractivity contribution is 14.1. The molecule has 0 aliphatic rings. The Kier molecular flexibility index (Phi) is 4.94. The van der Waals surface area contributed by atoms with Crippen LogP contribution >= 0.6 is 22.6 Å². The lowest BCUT2D eigenvalue weighted by molar-refractivity contribution is 0.0592. The van der Waals surface area contributed by atoms with E-state index in [9.17, 15) is 4.79 Å². The van der Waals surface area contributed by atoms with Gasteiger partial charge < -0.3 is 9.47 Å². The number of aromatic nitrogens is 2. The van der Waals surface area contributed by atoms with Gasteiger partial charge in [-0.3, -0.25) is 4.68 Å². The average molecular weight is 336 g/mol. The molecule has 0 unspecified atom stereocenters. The Morgan fingerprint density at radius 1 is 1.69 bits per heavy atom. The van der Waals surface area contributed by atoms with E-state index in [1.54, 1.807) is 17.8 Å². The first-order valence-electron chi connectivity index (χ1n) is 4.60. The number of nitrogens with zero attached hydrogens (tertiary/aromatic N) is 2. The molecule has 0 amide bonds. The number of halogens is 1. The van der Waals surface area contributed by atoms with E-state index in [0.717, 1.165) is 9.26 Å². The van der Waals surface area contributed by atoms with Crippen LogP contribution < -0.4 is 0 Å². The second kappa shape index (κ2) is 6.00. The van der Waals surface area contributed by atoms with Crippen LogP contribution in [0.5, 0.6) is 0 Å². The Morgan fingerprint density at radius 2 is 2.38 bits per heavy atom. The van der Waals surface area contributed by atoms with Crippen LogP contribution in [-0.2, 0) is 23.1 Å². The molecule has 0 saturated carbocycles. The third-order valence-corrected chi connectivity index (χ3v) is 3.09. The molecule has 0 radical (unpaired) electrons. The fraction of sp³-hybridized carbons (Fsp3) is 0.400. The second-order valence-electron chi connectivity index (χ2n) is 3.03. The maximum atomic E-state index is 11.4. The zero-order chi connectivity index (χ0) is 12.1. The Bertz CT molecular complexity index is 401. The largest absolute Gasteiger partial charge is 0.464 e. The van der Waals surface area contributed by atoms with E-state index in [1.165, 1.54) is 7.11 Å². The van der Waals surface area contributed by atoms with Crippen molar-refractivity contribution in [1.29, 1.82) is 0 Å². The fourth-order valence-corrected chi connectivity index (χ4v) is 1.99. The highest BCUT2D eigenvalue weighted by Gasteiger charge is 2.20. The van der Waals surface area contributed by atoms with E-state index >= 15 is 0 Å². The number of aryl methyl sites for hydroxylation is 1. The molecule has 1 rings (SSSR count). The predicted molar refractivity (Wildman–Crippen MR) is 67.1 cm³/mol. The first-order valence-corrected chi connectivity index (χ1v) is 5.68. The lowest BCUT2D eigenvalue weighted by Gasteiger charge is -2.02. The van der Waals surface area contributed by atoms with E-state index in [1.807, 2.05) is 0 Å². The lowest BCUT2D eigenvalue weighted by atomic mass is 10.3. The van der Waals surface area contributed by atoms with Gasteiger partial charge in [0.2, 0.25) is 0 Å². The molecule has 16 heavy (non-hydrogen) atoms. The molecule has 1 aromatic heterocycles. The smallest absolute Gasteiger partial charge is 0.359 e. The standard InChI is InChI=1S/C10H13IN2O3/c1-4-5-16-6-7-8(11)9(10(14)15-3)12-13(7)2/h4H,1,5-6H2,2-3H3. The van der Waals surface area contributed by atoms with E-state index in [2.05, 4.69) is 39.0 Å². The summed E-state index contributed by atoms with van der Waals surface area (Å²) in [6.45, 7) is 4.42. The van der Waals surface area contributed by atoms with Gasteiger partial charge in [0.05, 0.1) is 29.6 Å². The number of ether oxygens (including phenoxy) is 2. The number of rotatable bonds is 5. The first kappa shape index (κ1) is 13.2. The molecule has 88 valence electrons. The van der Waals surface area contributed by atoms with Crippen molar-refractivity contribution in [2.24, 2.45) is 7.05 Å². The van der Waals surface area contributed by atoms with Gasteiger partial charge in [0, 0.05) is 7.05 Å². The topological polar surface area (TPSA) is 53.4 Å². The van der Waals surface area contributed by atoms with Gasteiger partial charge in [0.1, 0.15) is 0 Å². The molecule has 0 aliphatic carbocycles. The van der Waals surface area contributed by atoms with Crippen LogP contribution in [0.25, 0.3) is 0 Å². The molecule has 0 saturated heterocycles. The maximum absolute atomic E-state index is 11.4. The van der Waals surface area contributed by atoms with Gasteiger partial charge in [0.25, 0.3) is 0 Å². The van der Waals surface area contributed by atoms with Crippen molar-refractivity contribution >= 4 is 28.6 Å². The van der Waals surface area contributed by atoms with Gasteiger partial charge >= 0.3 is 5.97 Å². The Labute approximate surface area is 108 Å². The SMILES string of the molecule is C=CCOCc1c(I)c(C(=O)OC)nn1C. The molecule has 6 heteroatoms. The third kappa shape index (κ3) is 2.82. The summed E-state index contributed by atoms with van der Waals surface area (Å²) in [6.07, 6.45) is 1.67. The molecule has 0 atom stereocenters. The van der Waals surface area contributed by atoms with Gasteiger partial charge in [0.15, 0.2) is 5.69 Å². The van der Waals surface area contributed by atoms with Crippen LogP contribution in [0.4, 0.5) is 0 Å². The van der Waals surface area contributed by atoms with E-state index in [4.69, 9.17) is 4.74 Å². The summed E-state index contributed by atoms with van der Waals surface area (Å²) in [5.41, 5.74) is 1.17. The van der Waals surface area contributed by atoms with Crippen molar-refractivity contribution in [2.45, 2.75) is 6.61 Å². The number of hydrogen-bond acceptors (Lipinski definition) is 4. The molecule has 0 N–H and O–H groups in total. The summed E-state index contributed by atoms with van der Waals surface area (Å²) < 4.78 is 12.3. The highest BCUT2D eigenvalue weighted by Crippen LogP contribution is 2.18. The summed E-state index contributed by atoms with van der Waals surface area (Å²) in [5.74, 6) is -0.435. The minimum atomic E-state index is -0.435. The number of carbonyl (C=O) groups is 1. The van der Waals surface area contributed by atoms with Crippen LogP contribution in [0.2, 0.25) is 0 Å². The minimum absolute atomic E-state index is 0.322. The quantitative estimate of drug-likeness (QED) is 0.354. The second-order valence-corrected chi connectivity index (χ2v) is 4.11. The summed E-state index contributed by atoms with van der Waals surface area (Å²) in [6, 6.07) is 0. The zero-order valence-corrected chi connectivity index (χ0v) is 11.4. The normalized spacial score (nSPS) is 10.2. The summed E-state index contributed by atoms with van der Waals surface area (Å²) in [4.78, 5) is 11.4. The predicted octanol–water partition coefficient (Wildman–Crippen LogP) is 1.51. The number of hydrogen-bond donors (Lipinski definition) is 0. The van der Waals surface area contributed by atoms with E-state index < -0.39 is 5.97 Å². The molecule has 1 heterocycles. The van der Waals surface area contributed by atoms with Crippen LogP contribution in [-0.4, -0.2) is 29.5 Å². The Balaban J connectivity index is 2.88. The zero-order valence-electron chi connectivity index (χ0n) is 9.20. The summed E-state index contributed by atoms with van der Waals surface area (Å²) in [5, 5.41) is 4.09. The molecule has 0 aliphatic heterocycles. The molecule has 1 aromatic rings. The van der Waals surface area contributed by atoms with Crippen molar-refractivity contribution in [2.75, 3.05) is 13.7 Å². The number of methoxy groups -OCH3 is 1. The number of carbonyl (C=O) groups excluding carboxylic acids is 1. The maximum Gasteiger partial charge on any atom is 0.359 e. The Morgan fingerprint density at radius 3 is 2.94 bits per heavy atom. The molecular formula is C10H13IN2O3. The van der Waals surface area contributed by atoms with Crippen LogP contribution in [0.1, 0.15) is 16.2 Å². The first-order chi connectivity index (χ1) is 7.61. The van der Waals surface area contributed by atoms with E-state index in [0.29, 0.717) is 18.9 Å². The van der Waals surface area contributed by atoms with Crippen LogP contribution in [0.3, 0.4) is 0 Å². The highest BCUT2D eigenvalue weighted by atomic mass is 127. The molecular weight excluding hydrogens is 323 g/mol. The van der Waals surface area contributed by atoms with Crippen molar-refractivity contribution in [3.63, 3.8) is 0 Å². The molecule has 0 aromatic carbocycles. The van der Waals surface area contributed by atoms with Crippen molar-refractivity contribution in [3.05, 3.63) is 27.6 Å². The van der Waals surface area contributed by atoms with Gasteiger partial charge in [-0.25, -0.2) is 4.79 Å². The summed E-state index contributed by atoms with van der Waals surface area (Å²) in [7, 11) is 3.10. The van der Waals surface area contributed by atoms with Crippen LogP contribution in [0.15, 0.2) is 12.7 Å². The van der Waals surface area contributed by atoms with Crippen molar-refractivity contribution in [3.8, 4) is 0 Å². The van der Waals surface area contributed by atoms with Gasteiger partial charge in [-0.2, -0.15) is 5.10 Å². The van der Waals surface area contributed by atoms with Gasteiger partial charge in [-0.1, -0.05) is 6.08 Å². The van der Waals surface area contributed by atoms with Crippen LogP contribution in [0, 0.1) is 3.57 Å². The minimum Gasteiger partial charge on any atom is -0.464 e. The average Bonchev–Trinajstić information content (AvgIpc) is 2.56.